The maximum atomic E-state index is 5.83. The van der Waals surface area contributed by atoms with Crippen LogP contribution in [0.15, 0.2) is 42.6 Å². The number of halogens is 1. The standard InChI is InChI=1S/C12H11ClN2S/c13-10-5-3-9(4-6-10)8-15-7-1-2-11(15)12(14)16/h1-7H,8H2,(H2,14,16). The van der Waals surface area contributed by atoms with E-state index in [-0.39, 0.29) is 0 Å². The van der Waals surface area contributed by atoms with Gasteiger partial charge in [0, 0.05) is 17.8 Å². The van der Waals surface area contributed by atoms with Crippen molar-refractivity contribution >= 4 is 28.8 Å². The van der Waals surface area contributed by atoms with Crippen molar-refractivity contribution in [3.8, 4) is 0 Å². The summed E-state index contributed by atoms with van der Waals surface area (Å²) in [6.45, 7) is 0.747. The first-order chi connectivity index (χ1) is 7.66. The average molecular weight is 251 g/mol. The third kappa shape index (κ3) is 2.43. The van der Waals surface area contributed by atoms with Gasteiger partial charge in [-0.3, -0.25) is 0 Å². The summed E-state index contributed by atoms with van der Waals surface area (Å²) in [6.07, 6.45) is 1.96. The highest BCUT2D eigenvalue weighted by atomic mass is 35.5. The number of hydrogen-bond acceptors (Lipinski definition) is 1. The molecular formula is C12H11ClN2S. The molecule has 0 unspecified atom stereocenters. The zero-order valence-electron chi connectivity index (χ0n) is 8.56. The lowest BCUT2D eigenvalue weighted by Gasteiger charge is -2.08. The summed E-state index contributed by atoms with van der Waals surface area (Å²) in [4.78, 5) is 0.416. The van der Waals surface area contributed by atoms with E-state index < -0.39 is 0 Å². The minimum absolute atomic E-state index is 0.416. The largest absolute Gasteiger partial charge is 0.388 e. The Labute approximate surface area is 105 Å². The van der Waals surface area contributed by atoms with Crippen LogP contribution < -0.4 is 5.73 Å². The molecule has 0 amide bonds. The molecule has 0 saturated heterocycles. The number of nitrogens with zero attached hydrogens (tertiary/aromatic N) is 1. The van der Waals surface area contributed by atoms with E-state index in [1.807, 2.05) is 47.2 Å². The molecule has 16 heavy (non-hydrogen) atoms. The highest BCUT2D eigenvalue weighted by Crippen LogP contribution is 2.12. The first-order valence-corrected chi connectivity index (χ1v) is 5.65. The van der Waals surface area contributed by atoms with Crippen molar-refractivity contribution in [1.29, 1.82) is 0 Å². The van der Waals surface area contributed by atoms with Crippen molar-refractivity contribution in [3.63, 3.8) is 0 Å². The fraction of sp³-hybridized carbons (Fsp3) is 0.0833. The Bertz CT molecular complexity index is 502. The van der Waals surface area contributed by atoms with Crippen LogP contribution in [0.3, 0.4) is 0 Å². The number of hydrogen-bond donors (Lipinski definition) is 1. The maximum Gasteiger partial charge on any atom is 0.120 e. The Morgan fingerprint density at radius 3 is 2.56 bits per heavy atom. The average Bonchev–Trinajstić information content (AvgIpc) is 2.69. The van der Waals surface area contributed by atoms with Crippen LogP contribution in [0.4, 0.5) is 0 Å². The fourth-order valence-electron chi connectivity index (χ4n) is 1.56. The van der Waals surface area contributed by atoms with Crippen LogP contribution in [0, 0.1) is 0 Å². The quantitative estimate of drug-likeness (QED) is 0.850. The molecule has 0 aliphatic heterocycles. The van der Waals surface area contributed by atoms with Gasteiger partial charge in [0.2, 0.25) is 0 Å². The van der Waals surface area contributed by atoms with Crippen LogP contribution in [0.1, 0.15) is 11.3 Å². The molecule has 0 aliphatic rings. The van der Waals surface area contributed by atoms with E-state index in [1.165, 1.54) is 0 Å². The van der Waals surface area contributed by atoms with Gasteiger partial charge in [0.25, 0.3) is 0 Å². The van der Waals surface area contributed by atoms with Gasteiger partial charge in [0.1, 0.15) is 4.99 Å². The molecular weight excluding hydrogens is 240 g/mol. The van der Waals surface area contributed by atoms with Gasteiger partial charge < -0.3 is 10.3 Å². The lowest BCUT2D eigenvalue weighted by molar-refractivity contribution is 0.798. The number of benzene rings is 1. The molecule has 0 aliphatic carbocycles. The Morgan fingerprint density at radius 2 is 1.94 bits per heavy atom. The van der Waals surface area contributed by atoms with Gasteiger partial charge in [0.15, 0.2) is 0 Å². The predicted octanol–water partition coefficient (Wildman–Crippen LogP) is 2.82. The van der Waals surface area contributed by atoms with E-state index >= 15 is 0 Å². The molecule has 0 spiro atoms. The first-order valence-electron chi connectivity index (χ1n) is 4.86. The Balaban J connectivity index is 2.23. The van der Waals surface area contributed by atoms with Crippen molar-refractivity contribution in [2.75, 3.05) is 0 Å². The van der Waals surface area contributed by atoms with E-state index in [0.29, 0.717) is 4.99 Å². The Hall–Kier alpha value is -1.32. The Morgan fingerprint density at radius 1 is 1.25 bits per heavy atom. The van der Waals surface area contributed by atoms with Gasteiger partial charge in [-0.1, -0.05) is 36.0 Å². The second-order valence-corrected chi connectivity index (χ2v) is 4.39. The zero-order chi connectivity index (χ0) is 11.5. The zero-order valence-corrected chi connectivity index (χ0v) is 10.1. The minimum Gasteiger partial charge on any atom is -0.388 e. The molecule has 1 aromatic heterocycles. The van der Waals surface area contributed by atoms with Crippen molar-refractivity contribution in [3.05, 3.63) is 58.9 Å². The van der Waals surface area contributed by atoms with Gasteiger partial charge in [-0.15, -0.1) is 0 Å². The monoisotopic (exact) mass is 250 g/mol. The van der Waals surface area contributed by atoms with Crippen molar-refractivity contribution in [2.24, 2.45) is 5.73 Å². The molecule has 0 saturated carbocycles. The normalized spacial score (nSPS) is 10.3. The molecule has 82 valence electrons. The maximum absolute atomic E-state index is 5.83. The SMILES string of the molecule is NC(=S)c1cccn1Cc1ccc(Cl)cc1. The summed E-state index contributed by atoms with van der Waals surface area (Å²) in [5.74, 6) is 0. The topological polar surface area (TPSA) is 30.9 Å². The lowest BCUT2D eigenvalue weighted by Crippen LogP contribution is -2.15. The van der Waals surface area contributed by atoms with Crippen molar-refractivity contribution < 1.29 is 0 Å². The van der Waals surface area contributed by atoms with Gasteiger partial charge in [-0.05, 0) is 29.8 Å². The number of nitrogens with two attached hydrogens (primary N) is 1. The van der Waals surface area contributed by atoms with Crippen molar-refractivity contribution in [1.82, 2.24) is 4.57 Å². The summed E-state index contributed by atoms with van der Waals surface area (Å²) in [6, 6.07) is 11.6. The third-order valence-electron chi connectivity index (χ3n) is 2.35. The molecule has 0 atom stereocenters. The highest BCUT2D eigenvalue weighted by Gasteiger charge is 2.03. The van der Waals surface area contributed by atoms with Gasteiger partial charge in [-0.25, -0.2) is 0 Å². The van der Waals surface area contributed by atoms with E-state index in [1.54, 1.807) is 0 Å². The summed E-state index contributed by atoms with van der Waals surface area (Å²) < 4.78 is 2.02. The smallest absolute Gasteiger partial charge is 0.120 e. The summed E-state index contributed by atoms with van der Waals surface area (Å²) in [5.41, 5.74) is 7.67. The molecule has 1 heterocycles. The fourth-order valence-corrected chi connectivity index (χ4v) is 1.87. The minimum atomic E-state index is 0.416. The van der Waals surface area contributed by atoms with E-state index in [9.17, 15) is 0 Å². The van der Waals surface area contributed by atoms with Crippen LogP contribution in [0.2, 0.25) is 5.02 Å². The third-order valence-corrected chi connectivity index (χ3v) is 2.81. The lowest BCUT2D eigenvalue weighted by atomic mass is 10.2. The molecule has 0 radical (unpaired) electrons. The van der Waals surface area contributed by atoms with Crippen LogP contribution in [0.25, 0.3) is 0 Å². The summed E-state index contributed by atoms with van der Waals surface area (Å²) in [5, 5.41) is 0.742. The molecule has 4 heteroatoms. The van der Waals surface area contributed by atoms with E-state index in [2.05, 4.69) is 0 Å². The molecule has 0 bridgehead atoms. The molecule has 2 rings (SSSR count). The molecule has 0 fully saturated rings. The van der Waals surface area contributed by atoms with Crippen LogP contribution >= 0.6 is 23.8 Å². The molecule has 2 N–H and O–H groups in total. The molecule has 2 aromatic rings. The number of aromatic nitrogens is 1. The van der Waals surface area contributed by atoms with Crippen LogP contribution in [-0.4, -0.2) is 9.56 Å². The first kappa shape index (κ1) is 11.2. The second kappa shape index (κ2) is 4.68. The van der Waals surface area contributed by atoms with Gasteiger partial charge >= 0.3 is 0 Å². The van der Waals surface area contributed by atoms with E-state index in [4.69, 9.17) is 29.6 Å². The van der Waals surface area contributed by atoms with Crippen LogP contribution in [0.5, 0.6) is 0 Å². The van der Waals surface area contributed by atoms with E-state index in [0.717, 1.165) is 22.8 Å². The summed E-state index contributed by atoms with van der Waals surface area (Å²) >= 11 is 10.8. The summed E-state index contributed by atoms with van der Waals surface area (Å²) in [7, 11) is 0. The van der Waals surface area contributed by atoms with Crippen molar-refractivity contribution in [2.45, 2.75) is 6.54 Å². The second-order valence-electron chi connectivity index (χ2n) is 3.51. The predicted molar refractivity (Wildman–Crippen MR) is 70.9 cm³/mol. The molecule has 2 nitrogen and oxygen atoms in total. The number of thiocarbonyl (C=S) groups is 1. The van der Waals surface area contributed by atoms with Gasteiger partial charge in [0.05, 0.1) is 5.69 Å². The Kier molecular flexibility index (Phi) is 3.27. The number of rotatable bonds is 3. The van der Waals surface area contributed by atoms with Gasteiger partial charge in [-0.2, -0.15) is 0 Å². The van der Waals surface area contributed by atoms with Crippen LogP contribution in [-0.2, 0) is 6.54 Å². The highest BCUT2D eigenvalue weighted by molar-refractivity contribution is 7.80. The molecule has 1 aromatic carbocycles.